The van der Waals surface area contributed by atoms with Gasteiger partial charge in [-0.25, -0.2) is 0 Å². The average Bonchev–Trinajstić information content (AvgIpc) is 2.64. The second-order valence-electron chi connectivity index (χ2n) is 7.58. The number of rotatable bonds is 16. The molecule has 1 N–H and O–H groups in total. The third-order valence-corrected chi connectivity index (χ3v) is 5.16. The predicted molar refractivity (Wildman–Crippen MR) is 113 cm³/mol. The van der Waals surface area contributed by atoms with Crippen molar-refractivity contribution in [1.29, 1.82) is 0 Å². The van der Waals surface area contributed by atoms with Crippen molar-refractivity contribution < 1.29 is 4.90 Å². The summed E-state index contributed by atoms with van der Waals surface area (Å²) in [5, 5.41) is 0. The Kier molecular flexibility index (Phi) is 13.3. The molecule has 0 fully saturated rings. The predicted octanol–water partition coefficient (Wildman–Crippen LogP) is 5.92. The van der Waals surface area contributed by atoms with Crippen molar-refractivity contribution in [3.8, 4) is 0 Å². The van der Waals surface area contributed by atoms with Crippen LogP contribution in [-0.2, 0) is 0 Å². The van der Waals surface area contributed by atoms with E-state index in [9.17, 15) is 0 Å². The maximum atomic E-state index is 4.37. The van der Waals surface area contributed by atoms with Crippen LogP contribution in [0.25, 0.3) is 5.57 Å². The van der Waals surface area contributed by atoms with Gasteiger partial charge in [0.15, 0.2) is 0 Å². The molecular weight excluding hydrogens is 302 g/mol. The quantitative estimate of drug-likeness (QED) is 0.355. The molecule has 0 radical (unpaired) electrons. The molecule has 1 rings (SSSR count). The molecule has 142 valence electrons. The highest BCUT2D eigenvalue weighted by Crippen LogP contribution is 2.09. The highest BCUT2D eigenvalue weighted by molar-refractivity contribution is 5.63. The lowest BCUT2D eigenvalue weighted by atomic mass is 10.1. The molecule has 0 aliphatic carbocycles. The van der Waals surface area contributed by atoms with Crippen molar-refractivity contribution in [2.75, 3.05) is 19.6 Å². The van der Waals surface area contributed by atoms with E-state index < -0.39 is 0 Å². The van der Waals surface area contributed by atoms with Crippen LogP contribution in [0.2, 0.25) is 0 Å². The smallest absolute Gasteiger partial charge is 0.103 e. The first-order chi connectivity index (χ1) is 12.3. The molecule has 1 atom stereocenters. The molecule has 25 heavy (non-hydrogen) atoms. The molecule has 0 saturated carbocycles. The van der Waals surface area contributed by atoms with Crippen molar-refractivity contribution in [3.63, 3.8) is 0 Å². The Bertz CT molecular complexity index is 423. The molecule has 1 unspecified atom stereocenters. The van der Waals surface area contributed by atoms with E-state index in [-0.39, 0.29) is 0 Å². The van der Waals surface area contributed by atoms with E-state index in [1.54, 1.807) is 4.90 Å². The van der Waals surface area contributed by atoms with Gasteiger partial charge in [0.05, 0.1) is 13.1 Å². The molecule has 1 heteroatoms. The molecule has 1 nitrogen and oxygen atoms in total. The minimum absolute atomic E-state index is 1.10. The Balaban J connectivity index is 2.36. The van der Waals surface area contributed by atoms with Gasteiger partial charge in [-0.15, -0.1) is 0 Å². The van der Waals surface area contributed by atoms with Crippen LogP contribution in [0.5, 0.6) is 0 Å². The topological polar surface area (TPSA) is 4.44 Å². The van der Waals surface area contributed by atoms with Gasteiger partial charge in [-0.05, 0) is 31.2 Å². The number of hydrogen-bond acceptors (Lipinski definition) is 0. The molecule has 1 aromatic rings. The van der Waals surface area contributed by atoms with Crippen molar-refractivity contribution >= 4 is 5.57 Å². The third-order valence-electron chi connectivity index (χ3n) is 5.16. The lowest BCUT2D eigenvalue weighted by molar-refractivity contribution is -0.893. The monoisotopic (exact) mass is 344 g/mol. The zero-order valence-electron chi connectivity index (χ0n) is 17.0. The molecule has 1 aromatic carbocycles. The summed E-state index contributed by atoms with van der Waals surface area (Å²) < 4.78 is 0. The molecular formula is C24H42N+. The Morgan fingerprint density at radius 3 is 1.72 bits per heavy atom. The van der Waals surface area contributed by atoms with Gasteiger partial charge >= 0.3 is 0 Å². The van der Waals surface area contributed by atoms with E-state index in [2.05, 4.69) is 50.8 Å². The van der Waals surface area contributed by atoms with Gasteiger partial charge in [-0.2, -0.15) is 0 Å². The summed E-state index contributed by atoms with van der Waals surface area (Å²) in [6, 6.07) is 10.7. The number of nitrogens with one attached hydrogen (secondary N) is 1. The zero-order chi connectivity index (χ0) is 18.2. The van der Waals surface area contributed by atoms with Crippen LogP contribution in [0, 0.1) is 0 Å². The summed E-state index contributed by atoms with van der Waals surface area (Å²) in [5.41, 5.74) is 2.61. The van der Waals surface area contributed by atoms with Crippen LogP contribution in [0.15, 0.2) is 36.9 Å². The molecule has 0 spiro atoms. The molecule has 0 aliphatic rings. The Morgan fingerprint density at radius 2 is 1.20 bits per heavy atom. The van der Waals surface area contributed by atoms with E-state index >= 15 is 0 Å². The third kappa shape index (κ3) is 11.2. The molecule has 0 amide bonds. The van der Waals surface area contributed by atoms with Crippen molar-refractivity contribution in [2.45, 2.75) is 84.5 Å². The average molecular weight is 345 g/mol. The molecule has 0 aromatic heterocycles. The SMILES string of the molecule is C=C(C[NH+](CCCCCCC)CCCCCCCC)c1ccccc1. The minimum Gasteiger partial charge on any atom is -0.331 e. The number of quaternary nitrogens is 1. The zero-order valence-corrected chi connectivity index (χ0v) is 17.0. The van der Waals surface area contributed by atoms with Gasteiger partial charge in [0.2, 0.25) is 0 Å². The summed E-state index contributed by atoms with van der Waals surface area (Å²) in [6.07, 6.45) is 15.2. The summed E-state index contributed by atoms with van der Waals surface area (Å²) in [6.45, 7) is 12.7. The van der Waals surface area contributed by atoms with Crippen molar-refractivity contribution in [1.82, 2.24) is 0 Å². The van der Waals surface area contributed by atoms with Gasteiger partial charge in [-0.3, -0.25) is 0 Å². The number of unbranched alkanes of at least 4 members (excludes halogenated alkanes) is 9. The van der Waals surface area contributed by atoms with E-state index in [4.69, 9.17) is 0 Å². The Labute approximate surface area is 157 Å². The van der Waals surface area contributed by atoms with E-state index in [0.29, 0.717) is 0 Å². The fourth-order valence-electron chi connectivity index (χ4n) is 3.51. The first-order valence-electron chi connectivity index (χ1n) is 10.8. The second-order valence-corrected chi connectivity index (χ2v) is 7.58. The van der Waals surface area contributed by atoms with Crippen molar-refractivity contribution in [2.24, 2.45) is 0 Å². The molecule has 0 bridgehead atoms. The van der Waals surface area contributed by atoms with E-state index in [1.807, 2.05) is 0 Å². The van der Waals surface area contributed by atoms with Gasteiger partial charge in [0.25, 0.3) is 0 Å². The summed E-state index contributed by atoms with van der Waals surface area (Å²) in [7, 11) is 0. The summed E-state index contributed by atoms with van der Waals surface area (Å²) in [4.78, 5) is 1.74. The maximum Gasteiger partial charge on any atom is 0.103 e. The van der Waals surface area contributed by atoms with Gasteiger partial charge < -0.3 is 4.90 Å². The van der Waals surface area contributed by atoms with Gasteiger partial charge in [-0.1, -0.05) is 95.7 Å². The first-order valence-corrected chi connectivity index (χ1v) is 10.8. The normalized spacial score (nSPS) is 12.2. The number of hydrogen-bond donors (Lipinski definition) is 1. The highest BCUT2D eigenvalue weighted by atomic mass is 15.1. The van der Waals surface area contributed by atoms with E-state index in [1.165, 1.54) is 94.9 Å². The summed E-state index contributed by atoms with van der Waals surface area (Å²) >= 11 is 0. The van der Waals surface area contributed by atoms with Crippen LogP contribution in [0.1, 0.15) is 90.0 Å². The largest absolute Gasteiger partial charge is 0.331 e. The van der Waals surface area contributed by atoms with Gasteiger partial charge in [0, 0.05) is 5.57 Å². The van der Waals surface area contributed by atoms with Crippen LogP contribution >= 0.6 is 0 Å². The van der Waals surface area contributed by atoms with Crippen LogP contribution in [0.4, 0.5) is 0 Å². The Morgan fingerprint density at radius 1 is 0.720 bits per heavy atom. The Hall–Kier alpha value is -1.08. The standard InChI is InChI=1S/C24H41N/c1-4-6-8-10-12-17-21-25(20-16-11-9-7-5-2)22-23(3)24-18-14-13-15-19-24/h13-15,18-19H,3-12,16-17,20-22H2,1-2H3/p+1. The molecule has 0 saturated heterocycles. The van der Waals surface area contributed by atoms with Crippen LogP contribution in [0.3, 0.4) is 0 Å². The lowest BCUT2D eigenvalue weighted by Crippen LogP contribution is -3.12. The molecule has 0 aliphatic heterocycles. The molecule has 0 heterocycles. The maximum absolute atomic E-state index is 4.37. The van der Waals surface area contributed by atoms with Crippen molar-refractivity contribution in [3.05, 3.63) is 42.5 Å². The van der Waals surface area contributed by atoms with Crippen LogP contribution in [-0.4, -0.2) is 19.6 Å². The highest BCUT2D eigenvalue weighted by Gasteiger charge is 2.11. The van der Waals surface area contributed by atoms with E-state index in [0.717, 1.165) is 6.54 Å². The second kappa shape index (κ2) is 15.2. The van der Waals surface area contributed by atoms with Gasteiger partial charge in [0.1, 0.15) is 6.54 Å². The van der Waals surface area contributed by atoms with Crippen LogP contribution < -0.4 is 4.90 Å². The minimum atomic E-state index is 1.10. The first kappa shape index (κ1) is 22.0. The fraction of sp³-hybridized carbons (Fsp3) is 0.667. The summed E-state index contributed by atoms with van der Waals surface area (Å²) in [5.74, 6) is 0. The lowest BCUT2D eigenvalue weighted by Gasteiger charge is -2.21. The number of benzene rings is 1. The fourth-order valence-corrected chi connectivity index (χ4v) is 3.51.